The zero-order valence-electron chi connectivity index (χ0n) is 13.2. The summed E-state index contributed by atoms with van der Waals surface area (Å²) in [5.41, 5.74) is 6.42. The predicted octanol–water partition coefficient (Wildman–Crippen LogP) is 1.88. The van der Waals surface area contributed by atoms with E-state index in [1.165, 1.54) is 0 Å². The molecule has 1 heterocycles. The second-order valence-electron chi connectivity index (χ2n) is 5.83. The largest absolute Gasteiger partial charge is 0.481 e. The van der Waals surface area contributed by atoms with Crippen molar-refractivity contribution in [3.8, 4) is 5.75 Å². The molecule has 2 rings (SSSR count). The summed E-state index contributed by atoms with van der Waals surface area (Å²) in [4.78, 5) is 25.5. The highest BCUT2D eigenvalue weighted by molar-refractivity contribution is 5.82. The van der Waals surface area contributed by atoms with Crippen LogP contribution in [-0.2, 0) is 9.59 Å². The standard InChI is InChI=1S/C17H24N2O3/c1-3-15(22-14-6-4-5-12(2)11-14)17(21)19-9-7-13(8-10-19)16(18)20/h4-6,11,13,15H,3,7-10H2,1-2H3,(H2,18,20)/t15-/m0/s1. The third-order valence-corrected chi connectivity index (χ3v) is 4.12. The summed E-state index contributed by atoms with van der Waals surface area (Å²) in [5, 5.41) is 0. The zero-order valence-corrected chi connectivity index (χ0v) is 13.2. The Morgan fingerprint density at radius 1 is 1.36 bits per heavy atom. The highest BCUT2D eigenvalue weighted by Crippen LogP contribution is 2.20. The lowest BCUT2D eigenvalue weighted by molar-refractivity contribution is -0.141. The van der Waals surface area contributed by atoms with Crippen LogP contribution in [0.1, 0.15) is 31.7 Å². The van der Waals surface area contributed by atoms with E-state index in [-0.39, 0.29) is 17.7 Å². The van der Waals surface area contributed by atoms with Gasteiger partial charge in [-0.2, -0.15) is 0 Å². The van der Waals surface area contributed by atoms with Gasteiger partial charge in [0.1, 0.15) is 5.75 Å². The van der Waals surface area contributed by atoms with Crippen molar-refractivity contribution in [1.29, 1.82) is 0 Å². The van der Waals surface area contributed by atoms with Crippen LogP contribution in [0.4, 0.5) is 0 Å². The number of primary amides is 1. The molecule has 5 heteroatoms. The number of aryl methyl sites for hydroxylation is 1. The van der Waals surface area contributed by atoms with Crippen LogP contribution < -0.4 is 10.5 Å². The molecule has 0 aromatic heterocycles. The average Bonchev–Trinajstić information content (AvgIpc) is 2.52. The molecule has 1 aliphatic rings. The van der Waals surface area contributed by atoms with Gasteiger partial charge in [-0.25, -0.2) is 0 Å². The number of carbonyl (C=O) groups is 2. The normalized spacial score (nSPS) is 17.1. The molecule has 0 radical (unpaired) electrons. The molecular weight excluding hydrogens is 280 g/mol. The summed E-state index contributed by atoms with van der Waals surface area (Å²) in [6.07, 6.45) is 1.42. The van der Waals surface area contributed by atoms with E-state index in [1.54, 1.807) is 4.90 Å². The Morgan fingerprint density at radius 2 is 2.05 bits per heavy atom. The second-order valence-corrected chi connectivity index (χ2v) is 5.83. The van der Waals surface area contributed by atoms with E-state index in [1.807, 2.05) is 38.1 Å². The zero-order chi connectivity index (χ0) is 16.1. The number of amides is 2. The van der Waals surface area contributed by atoms with E-state index in [4.69, 9.17) is 10.5 Å². The Morgan fingerprint density at radius 3 is 2.59 bits per heavy atom. The van der Waals surface area contributed by atoms with E-state index in [0.717, 1.165) is 5.56 Å². The average molecular weight is 304 g/mol. The second kappa shape index (κ2) is 7.29. The first-order chi connectivity index (χ1) is 10.5. The van der Waals surface area contributed by atoms with Crippen molar-refractivity contribution in [1.82, 2.24) is 4.90 Å². The Labute approximate surface area is 131 Å². The van der Waals surface area contributed by atoms with Gasteiger partial charge in [-0.15, -0.1) is 0 Å². The molecule has 1 aromatic carbocycles. The molecule has 0 spiro atoms. The maximum Gasteiger partial charge on any atom is 0.263 e. The molecule has 0 bridgehead atoms. The Hall–Kier alpha value is -2.04. The summed E-state index contributed by atoms with van der Waals surface area (Å²) < 4.78 is 5.85. The maximum absolute atomic E-state index is 12.6. The topological polar surface area (TPSA) is 72.6 Å². The minimum Gasteiger partial charge on any atom is -0.481 e. The molecule has 22 heavy (non-hydrogen) atoms. The Balaban J connectivity index is 1.96. The third-order valence-electron chi connectivity index (χ3n) is 4.12. The van der Waals surface area contributed by atoms with Crippen molar-refractivity contribution < 1.29 is 14.3 Å². The summed E-state index contributed by atoms with van der Waals surface area (Å²) in [6, 6.07) is 7.70. The Bertz CT molecular complexity index is 536. The van der Waals surface area contributed by atoms with E-state index in [2.05, 4.69) is 0 Å². The highest BCUT2D eigenvalue weighted by atomic mass is 16.5. The number of nitrogens with zero attached hydrogens (tertiary/aromatic N) is 1. The third kappa shape index (κ3) is 4.00. The van der Waals surface area contributed by atoms with Crippen LogP contribution in [-0.4, -0.2) is 35.9 Å². The molecule has 2 amide bonds. The molecule has 1 atom stereocenters. The smallest absolute Gasteiger partial charge is 0.263 e. The number of likely N-dealkylation sites (tertiary alicyclic amines) is 1. The predicted molar refractivity (Wildman–Crippen MR) is 84.4 cm³/mol. The first-order valence-corrected chi connectivity index (χ1v) is 7.82. The van der Waals surface area contributed by atoms with Crippen molar-refractivity contribution in [2.75, 3.05) is 13.1 Å². The number of piperidine rings is 1. The van der Waals surface area contributed by atoms with Crippen LogP contribution in [0, 0.1) is 12.8 Å². The lowest BCUT2D eigenvalue weighted by Crippen LogP contribution is -2.47. The van der Waals surface area contributed by atoms with Crippen LogP contribution in [0.5, 0.6) is 5.75 Å². The minimum absolute atomic E-state index is 0.00748. The summed E-state index contributed by atoms with van der Waals surface area (Å²) in [5.74, 6) is 0.330. The lowest BCUT2D eigenvalue weighted by Gasteiger charge is -2.33. The number of hydrogen-bond donors (Lipinski definition) is 1. The van der Waals surface area contributed by atoms with Crippen molar-refractivity contribution in [2.24, 2.45) is 11.7 Å². The van der Waals surface area contributed by atoms with Crippen LogP contribution in [0.3, 0.4) is 0 Å². The van der Waals surface area contributed by atoms with Crippen molar-refractivity contribution in [3.05, 3.63) is 29.8 Å². The van der Waals surface area contributed by atoms with Gasteiger partial charge in [-0.1, -0.05) is 19.1 Å². The fourth-order valence-electron chi connectivity index (χ4n) is 2.75. The van der Waals surface area contributed by atoms with E-state index >= 15 is 0 Å². The van der Waals surface area contributed by atoms with Gasteiger partial charge in [-0.3, -0.25) is 9.59 Å². The fourth-order valence-corrected chi connectivity index (χ4v) is 2.75. The molecule has 1 saturated heterocycles. The molecule has 5 nitrogen and oxygen atoms in total. The first kappa shape index (κ1) is 16.3. The minimum atomic E-state index is -0.480. The number of carbonyl (C=O) groups excluding carboxylic acids is 2. The van der Waals surface area contributed by atoms with Gasteiger partial charge in [-0.05, 0) is 43.9 Å². The van der Waals surface area contributed by atoms with E-state index in [0.29, 0.717) is 38.1 Å². The SMILES string of the molecule is CC[C@H](Oc1cccc(C)c1)C(=O)N1CCC(C(N)=O)CC1. The van der Waals surface area contributed by atoms with Gasteiger partial charge in [0, 0.05) is 19.0 Å². The summed E-state index contributed by atoms with van der Waals surface area (Å²) in [7, 11) is 0. The van der Waals surface area contributed by atoms with Crippen LogP contribution in [0.2, 0.25) is 0 Å². The molecule has 1 aliphatic heterocycles. The van der Waals surface area contributed by atoms with Crippen molar-refractivity contribution in [3.63, 3.8) is 0 Å². The van der Waals surface area contributed by atoms with Gasteiger partial charge in [0.15, 0.2) is 6.10 Å². The number of hydrogen-bond acceptors (Lipinski definition) is 3. The van der Waals surface area contributed by atoms with Crippen LogP contribution in [0.15, 0.2) is 24.3 Å². The maximum atomic E-state index is 12.6. The highest BCUT2D eigenvalue weighted by Gasteiger charge is 2.30. The van der Waals surface area contributed by atoms with Gasteiger partial charge in [0.05, 0.1) is 0 Å². The van der Waals surface area contributed by atoms with Gasteiger partial charge >= 0.3 is 0 Å². The first-order valence-electron chi connectivity index (χ1n) is 7.82. The quantitative estimate of drug-likeness (QED) is 0.902. The van der Waals surface area contributed by atoms with Crippen LogP contribution in [0.25, 0.3) is 0 Å². The molecule has 1 fully saturated rings. The van der Waals surface area contributed by atoms with Crippen molar-refractivity contribution in [2.45, 2.75) is 39.2 Å². The molecule has 2 N–H and O–H groups in total. The van der Waals surface area contributed by atoms with E-state index in [9.17, 15) is 9.59 Å². The summed E-state index contributed by atoms with van der Waals surface area (Å²) in [6.45, 7) is 5.07. The van der Waals surface area contributed by atoms with Gasteiger partial charge < -0.3 is 15.4 Å². The molecule has 0 saturated carbocycles. The van der Waals surface area contributed by atoms with Gasteiger partial charge in [0.25, 0.3) is 5.91 Å². The monoisotopic (exact) mass is 304 g/mol. The number of rotatable bonds is 5. The number of nitrogens with two attached hydrogens (primary N) is 1. The number of ether oxygens (including phenoxy) is 1. The molecule has 0 unspecified atom stereocenters. The Kier molecular flexibility index (Phi) is 5.41. The molecular formula is C17H24N2O3. The van der Waals surface area contributed by atoms with Gasteiger partial charge in [0.2, 0.25) is 5.91 Å². The molecule has 120 valence electrons. The fraction of sp³-hybridized carbons (Fsp3) is 0.529. The van der Waals surface area contributed by atoms with Crippen LogP contribution >= 0.6 is 0 Å². The van der Waals surface area contributed by atoms with Crippen molar-refractivity contribution >= 4 is 11.8 Å². The summed E-state index contributed by atoms with van der Waals surface area (Å²) >= 11 is 0. The lowest BCUT2D eigenvalue weighted by atomic mass is 9.96. The van der Waals surface area contributed by atoms with E-state index < -0.39 is 6.10 Å². The molecule has 0 aliphatic carbocycles. The molecule has 1 aromatic rings. The number of benzene rings is 1.